The molecule has 0 bridgehead atoms. The fraction of sp³-hybridized carbons (Fsp3) is 0.667. The highest BCUT2D eigenvalue weighted by Crippen LogP contribution is 2.21. The minimum Gasteiger partial charge on any atom is -0.450 e. The second kappa shape index (κ2) is 9.20. The molecule has 2 aliphatic rings. The minimum atomic E-state index is -0.278. The average Bonchev–Trinajstić information content (AvgIpc) is 2.69. The summed E-state index contributed by atoms with van der Waals surface area (Å²) in [7, 11) is 0. The van der Waals surface area contributed by atoms with Crippen molar-refractivity contribution in [2.45, 2.75) is 64.8 Å². The van der Waals surface area contributed by atoms with E-state index in [4.69, 9.17) is 9.73 Å². The van der Waals surface area contributed by atoms with Crippen molar-refractivity contribution in [3.63, 3.8) is 0 Å². The summed E-state index contributed by atoms with van der Waals surface area (Å²) in [6, 6.07) is 4.30. The summed E-state index contributed by atoms with van der Waals surface area (Å²) in [6.45, 7) is 5.35. The molecule has 27 heavy (non-hydrogen) atoms. The Balaban J connectivity index is 1.73. The van der Waals surface area contributed by atoms with Crippen molar-refractivity contribution in [3.8, 4) is 0 Å². The van der Waals surface area contributed by atoms with Crippen LogP contribution in [0.4, 0.5) is 4.79 Å². The molecule has 1 aromatic heterocycles. The molecule has 2 fully saturated rings. The zero-order valence-electron chi connectivity index (χ0n) is 16.5. The second-order valence-corrected chi connectivity index (χ2v) is 7.65. The van der Waals surface area contributed by atoms with Gasteiger partial charge in [0.25, 0.3) is 0 Å². The predicted molar refractivity (Wildman–Crippen MR) is 104 cm³/mol. The van der Waals surface area contributed by atoms with E-state index in [9.17, 15) is 9.59 Å². The maximum absolute atomic E-state index is 13.1. The van der Waals surface area contributed by atoms with Gasteiger partial charge in [0.1, 0.15) is 5.49 Å². The Labute approximate surface area is 161 Å². The number of rotatable bonds is 3. The maximum atomic E-state index is 13.1. The number of hydrogen-bond acceptors (Lipinski definition) is 4. The molecule has 0 radical (unpaired) electrons. The number of aromatic nitrogens is 1. The molecule has 6 nitrogen and oxygen atoms in total. The zero-order chi connectivity index (χ0) is 19.2. The molecule has 1 saturated carbocycles. The van der Waals surface area contributed by atoms with E-state index in [-0.39, 0.29) is 17.9 Å². The number of piperidine rings is 1. The molecule has 0 aromatic carbocycles. The molecular formula is C21H31N3O3. The molecule has 0 atom stereocenters. The molecule has 6 heteroatoms. The Kier molecular flexibility index (Phi) is 6.69. The van der Waals surface area contributed by atoms with Gasteiger partial charge in [-0.2, -0.15) is 0 Å². The molecule has 3 rings (SSSR count). The third-order valence-corrected chi connectivity index (χ3v) is 5.59. The second-order valence-electron chi connectivity index (χ2n) is 7.65. The fourth-order valence-corrected chi connectivity index (χ4v) is 3.99. The standard InChI is InChI=1S/C21H31N3O3/c1-3-27-21(26)23-12-10-17(11-13-23)20(25)24-14-9-16(2)15-19(24)22-18-7-5-4-6-8-18/h9,14-15,17-18H,3-8,10-13H2,1-2H3. The van der Waals surface area contributed by atoms with Crippen molar-refractivity contribution in [1.29, 1.82) is 0 Å². The number of carbonyl (C=O) groups excluding carboxylic acids is 2. The Hall–Kier alpha value is -2.11. The van der Waals surface area contributed by atoms with Gasteiger partial charge in [0.2, 0.25) is 5.91 Å². The molecule has 1 amide bonds. The lowest BCUT2D eigenvalue weighted by Crippen LogP contribution is -2.43. The lowest BCUT2D eigenvalue weighted by molar-refractivity contribution is 0.0683. The SMILES string of the molecule is CCOC(=O)N1CCC(C(=O)n2ccc(C)cc2=NC2CCCCC2)CC1. The van der Waals surface area contributed by atoms with Gasteiger partial charge in [0.05, 0.1) is 12.6 Å². The first-order chi connectivity index (χ1) is 13.1. The van der Waals surface area contributed by atoms with Crippen molar-refractivity contribution < 1.29 is 14.3 Å². The van der Waals surface area contributed by atoms with Crippen LogP contribution in [0.5, 0.6) is 0 Å². The van der Waals surface area contributed by atoms with Crippen molar-refractivity contribution >= 4 is 12.0 Å². The lowest BCUT2D eigenvalue weighted by Gasteiger charge is -2.30. The summed E-state index contributed by atoms with van der Waals surface area (Å²) in [5, 5.41) is 0. The van der Waals surface area contributed by atoms with Gasteiger partial charge in [0, 0.05) is 25.2 Å². The van der Waals surface area contributed by atoms with E-state index in [0.29, 0.717) is 38.6 Å². The number of amides is 1. The van der Waals surface area contributed by atoms with Crippen molar-refractivity contribution in [3.05, 3.63) is 29.4 Å². The van der Waals surface area contributed by atoms with E-state index in [1.54, 1.807) is 16.4 Å². The van der Waals surface area contributed by atoms with Crippen LogP contribution in [0.3, 0.4) is 0 Å². The van der Waals surface area contributed by atoms with E-state index in [0.717, 1.165) is 23.9 Å². The van der Waals surface area contributed by atoms with Crippen LogP contribution in [0.1, 0.15) is 62.2 Å². The van der Waals surface area contributed by atoms with Crippen molar-refractivity contribution in [1.82, 2.24) is 9.47 Å². The Bertz CT molecular complexity index is 726. The van der Waals surface area contributed by atoms with Crippen LogP contribution in [0.2, 0.25) is 0 Å². The third kappa shape index (κ3) is 4.99. The zero-order valence-corrected chi connectivity index (χ0v) is 16.5. The van der Waals surface area contributed by atoms with Crippen LogP contribution < -0.4 is 5.49 Å². The molecular weight excluding hydrogens is 342 g/mol. The van der Waals surface area contributed by atoms with E-state index in [2.05, 4.69) is 0 Å². The van der Waals surface area contributed by atoms with Crippen LogP contribution in [0.15, 0.2) is 23.3 Å². The van der Waals surface area contributed by atoms with Gasteiger partial charge in [-0.3, -0.25) is 14.4 Å². The molecule has 148 valence electrons. The molecule has 0 unspecified atom stereocenters. The first-order valence-electron chi connectivity index (χ1n) is 10.3. The van der Waals surface area contributed by atoms with Crippen LogP contribution in [0.25, 0.3) is 0 Å². The largest absolute Gasteiger partial charge is 0.450 e. The van der Waals surface area contributed by atoms with Crippen LogP contribution in [0, 0.1) is 12.8 Å². The van der Waals surface area contributed by atoms with Gasteiger partial charge < -0.3 is 9.64 Å². The highest BCUT2D eigenvalue weighted by atomic mass is 16.6. The van der Waals surface area contributed by atoms with E-state index >= 15 is 0 Å². The van der Waals surface area contributed by atoms with Crippen LogP contribution >= 0.6 is 0 Å². The highest BCUT2D eigenvalue weighted by molar-refractivity contribution is 5.81. The molecule has 0 spiro atoms. The molecule has 1 saturated heterocycles. The van der Waals surface area contributed by atoms with Crippen LogP contribution in [-0.4, -0.2) is 47.2 Å². The van der Waals surface area contributed by atoms with Crippen molar-refractivity contribution in [2.75, 3.05) is 19.7 Å². The van der Waals surface area contributed by atoms with E-state index in [1.807, 2.05) is 25.3 Å². The van der Waals surface area contributed by atoms with Crippen LogP contribution in [-0.2, 0) is 4.74 Å². The summed E-state index contributed by atoms with van der Waals surface area (Å²) < 4.78 is 6.79. The average molecular weight is 373 g/mol. The number of carbonyl (C=O) groups is 2. The quantitative estimate of drug-likeness (QED) is 0.814. The monoisotopic (exact) mass is 373 g/mol. The highest BCUT2D eigenvalue weighted by Gasteiger charge is 2.29. The topological polar surface area (TPSA) is 63.9 Å². The van der Waals surface area contributed by atoms with E-state index < -0.39 is 0 Å². The summed E-state index contributed by atoms with van der Waals surface area (Å²) in [5.41, 5.74) is 1.89. The smallest absolute Gasteiger partial charge is 0.409 e. The predicted octanol–water partition coefficient (Wildman–Crippen LogP) is 3.54. The summed E-state index contributed by atoms with van der Waals surface area (Å²) in [4.78, 5) is 31.6. The minimum absolute atomic E-state index is 0.0799. The van der Waals surface area contributed by atoms with Gasteiger partial charge in [0.15, 0.2) is 0 Å². The number of nitrogens with zero attached hydrogens (tertiary/aromatic N) is 3. The van der Waals surface area contributed by atoms with Gasteiger partial charge in [-0.1, -0.05) is 19.3 Å². The molecule has 2 heterocycles. The van der Waals surface area contributed by atoms with Gasteiger partial charge in [-0.15, -0.1) is 0 Å². The van der Waals surface area contributed by atoms with Gasteiger partial charge >= 0.3 is 6.09 Å². The Morgan fingerprint density at radius 3 is 2.52 bits per heavy atom. The number of hydrogen-bond donors (Lipinski definition) is 0. The fourth-order valence-electron chi connectivity index (χ4n) is 3.99. The third-order valence-electron chi connectivity index (χ3n) is 5.59. The Morgan fingerprint density at radius 1 is 1.15 bits per heavy atom. The number of aryl methyl sites for hydroxylation is 1. The Morgan fingerprint density at radius 2 is 1.85 bits per heavy atom. The number of likely N-dealkylation sites (tertiary alicyclic amines) is 1. The first-order valence-corrected chi connectivity index (χ1v) is 10.3. The molecule has 1 aliphatic carbocycles. The summed E-state index contributed by atoms with van der Waals surface area (Å²) >= 11 is 0. The number of ether oxygens (including phenoxy) is 1. The maximum Gasteiger partial charge on any atom is 0.409 e. The number of pyridine rings is 1. The molecule has 0 N–H and O–H groups in total. The molecule has 1 aliphatic heterocycles. The lowest BCUT2D eigenvalue weighted by atomic mass is 9.95. The van der Waals surface area contributed by atoms with Crippen molar-refractivity contribution in [2.24, 2.45) is 10.9 Å². The van der Waals surface area contributed by atoms with Gasteiger partial charge in [-0.05, 0) is 57.2 Å². The van der Waals surface area contributed by atoms with Gasteiger partial charge in [-0.25, -0.2) is 4.79 Å². The summed E-state index contributed by atoms with van der Waals surface area (Å²) in [5.74, 6) is 0.0109. The normalized spacial score (nSPS) is 19.9. The first kappa shape index (κ1) is 19.6. The molecule has 1 aromatic rings. The van der Waals surface area contributed by atoms with E-state index in [1.165, 1.54) is 19.3 Å². The summed E-state index contributed by atoms with van der Waals surface area (Å²) in [6.07, 6.45) is 8.87.